The highest BCUT2D eigenvalue weighted by Crippen LogP contribution is 2.29. The van der Waals surface area contributed by atoms with E-state index in [-0.39, 0.29) is 24.0 Å². The molecule has 0 aliphatic heterocycles. The molecule has 2 rings (SSSR count). The third-order valence-electron chi connectivity index (χ3n) is 3.40. The van der Waals surface area contributed by atoms with Gasteiger partial charge in [-0.25, -0.2) is 0 Å². The second-order valence-corrected chi connectivity index (χ2v) is 5.93. The van der Waals surface area contributed by atoms with Gasteiger partial charge in [0.15, 0.2) is 5.96 Å². The molecule has 0 aromatic heterocycles. The molecule has 2 unspecified atom stereocenters. The van der Waals surface area contributed by atoms with Crippen LogP contribution in [0.15, 0.2) is 23.2 Å². The Morgan fingerprint density at radius 3 is 2.55 bits per heavy atom. The standard InChI is InChI=1S/C14H19Cl2N3.HI/c1-9-6-13(9)18-14(17-2)19(3)8-10-4-5-11(15)12(16)7-10;/h4-5,7,9,13H,6,8H2,1-3H3,(H,17,18);1H. The van der Waals surface area contributed by atoms with Gasteiger partial charge in [0.05, 0.1) is 10.0 Å². The van der Waals surface area contributed by atoms with E-state index < -0.39 is 0 Å². The summed E-state index contributed by atoms with van der Waals surface area (Å²) < 4.78 is 0. The van der Waals surface area contributed by atoms with Gasteiger partial charge in [-0.15, -0.1) is 24.0 Å². The molecule has 2 atom stereocenters. The molecule has 112 valence electrons. The first-order chi connectivity index (χ1) is 9.01. The van der Waals surface area contributed by atoms with Gasteiger partial charge in [-0.3, -0.25) is 4.99 Å². The number of aliphatic imine (C=N–C) groups is 1. The smallest absolute Gasteiger partial charge is 0.193 e. The zero-order valence-corrected chi connectivity index (χ0v) is 15.7. The Labute approximate surface area is 147 Å². The number of nitrogens with zero attached hydrogens (tertiary/aromatic N) is 2. The fraction of sp³-hybridized carbons (Fsp3) is 0.500. The van der Waals surface area contributed by atoms with Crippen molar-refractivity contribution in [2.75, 3.05) is 14.1 Å². The summed E-state index contributed by atoms with van der Waals surface area (Å²) >= 11 is 11.9. The van der Waals surface area contributed by atoms with Crippen molar-refractivity contribution >= 4 is 53.1 Å². The molecule has 6 heteroatoms. The van der Waals surface area contributed by atoms with E-state index in [4.69, 9.17) is 23.2 Å². The van der Waals surface area contributed by atoms with Crippen molar-refractivity contribution in [1.29, 1.82) is 0 Å². The Morgan fingerprint density at radius 2 is 2.05 bits per heavy atom. The summed E-state index contributed by atoms with van der Waals surface area (Å²) in [6.45, 7) is 2.99. The molecular weight excluding hydrogens is 408 g/mol. The van der Waals surface area contributed by atoms with Gasteiger partial charge in [-0.1, -0.05) is 36.2 Å². The van der Waals surface area contributed by atoms with Gasteiger partial charge in [-0.05, 0) is 30.0 Å². The van der Waals surface area contributed by atoms with Gasteiger partial charge in [0.25, 0.3) is 0 Å². The molecule has 1 aromatic carbocycles. The number of hydrogen-bond donors (Lipinski definition) is 1. The van der Waals surface area contributed by atoms with E-state index in [1.807, 2.05) is 25.2 Å². The molecule has 0 bridgehead atoms. The quantitative estimate of drug-likeness (QED) is 0.448. The molecule has 1 fully saturated rings. The van der Waals surface area contributed by atoms with Crippen molar-refractivity contribution in [3.63, 3.8) is 0 Å². The van der Waals surface area contributed by atoms with Crippen LogP contribution >= 0.6 is 47.2 Å². The largest absolute Gasteiger partial charge is 0.353 e. The summed E-state index contributed by atoms with van der Waals surface area (Å²) in [5.41, 5.74) is 1.11. The van der Waals surface area contributed by atoms with Gasteiger partial charge in [0.1, 0.15) is 0 Å². The molecule has 0 amide bonds. The Morgan fingerprint density at radius 1 is 1.40 bits per heavy atom. The Kier molecular flexibility index (Phi) is 6.88. The molecule has 1 aliphatic carbocycles. The van der Waals surface area contributed by atoms with Gasteiger partial charge < -0.3 is 10.2 Å². The summed E-state index contributed by atoms with van der Waals surface area (Å²) in [6, 6.07) is 6.27. The van der Waals surface area contributed by atoms with Crippen molar-refractivity contribution in [1.82, 2.24) is 10.2 Å². The van der Waals surface area contributed by atoms with E-state index in [2.05, 4.69) is 22.1 Å². The van der Waals surface area contributed by atoms with Crippen LogP contribution in [0.25, 0.3) is 0 Å². The summed E-state index contributed by atoms with van der Waals surface area (Å²) in [4.78, 5) is 6.40. The fourth-order valence-corrected chi connectivity index (χ4v) is 2.34. The lowest BCUT2D eigenvalue weighted by molar-refractivity contribution is 0.474. The maximum Gasteiger partial charge on any atom is 0.193 e. The number of rotatable bonds is 3. The van der Waals surface area contributed by atoms with Gasteiger partial charge >= 0.3 is 0 Å². The minimum Gasteiger partial charge on any atom is -0.353 e. The molecule has 1 N–H and O–H groups in total. The minimum atomic E-state index is 0. The predicted octanol–water partition coefficient (Wildman–Crippen LogP) is 4.03. The number of hydrogen-bond acceptors (Lipinski definition) is 1. The number of halogens is 3. The van der Waals surface area contributed by atoms with Crippen molar-refractivity contribution in [3.8, 4) is 0 Å². The lowest BCUT2D eigenvalue weighted by Gasteiger charge is -2.22. The Balaban J connectivity index is 0.00000200. The van der Waals surface area contributed by atoms with Gasteiger partial charge in [-0.2, -0.15) is 0 Å². The number of nitrogens with one attached hydrogen (secondary N) is 1. The minimum absolute atomic E-state index is 0. The first-order valence-electron chi connectivity index (χ1n) is 6.39. The summed E-state index contributed by atoms with van der Waals surface area (Å²) in [7, 11) is 3.83. The summed E-state index contributed by atoms with van der Waals surface area (Å²) in [5.74, 6) is 1.66. The van der Waals surface area contributed by atoms with Crippen molar-refractivity contribution in [3.05, 3.63) is 33.8 Å². The fourth-order valence-electron chi connectivity index (χ4n) is 2.02. The molecule has 1 aromatic rings. The molecule has 3 nitrogen and oxygen atoms in total. The first-order valence-corrected chi connectivity index (χ1v) is 7.15. The molecule has 20 heavy (non-hydrogen) atoms. The van der Waals surface area contributed by atoms with Gasteiger partial charge in [0, 0.05) is 26.7 Å². The third kappa shape index (κ3) is 4.67. The molecule has 0 spiro atoms. The van der Waals surface area contributed by atoms with Crippen LogP contribution in [0.1, 0.15) is 18.9 Å². The molecule has 0 heterocycles. The van der Waals surface area contributed by atoms with Crippen LogP contribution in [-0.2, 0) is 6.54 Å². The highest BCUT2D eigenvalue weighted by molar-refractivity contribution is 14.0. The van der Waals surface area contributed by atoms with E-state index in [1.165, 1.54) is 6.42 Å². The summed E-state index contributed by atoms with van der Waals surface area (Å²) in [6.07, 6.45) is 1.22. The average Bonchev–Trinajstić information content (AvgIpc) is 3.06. The van der Waals surface area contributed by atoms with Crippen LogP contribution < -0.4 is 5.32 Å². The van der Waals surface area contributed by atoms with E-state index in [1.54, 1.807) is 7.05 Å². The maximum atomic E-state index is 6.03. The van der Waals surface area contributed by atoms with Crippen molar-refractivity contribution in [2.24, 2.45) is 10.9 Å². The van der Waals surface area contributed by atoms with Crippen LogP contribution in [0.5, 0.6) is 0 Å². The topological polar surface area (TPSA) is 27.6 Å². The Hall–Kier alpha value is -0.200. The van der Waals surface area contributed by atoms with Crippen LogP contribution in [-0.4, -0.2) is 31.0 Å². The van der Waals surface area contributed by atoms with Crippen LogP contribution in [0.2, 0.25) is 10.0 Å². The Bertz CT molecular complexity index is 493. The van der Waals surface area contributed by atoms with Crippen LogP contribution in [0, 0.1) is 5.92 Å². The molecule has 0 radical (unpaired) electrons. The first kappa shape index (κ1) is 17.9. The number of benzene rings is 1. The monoisotopic (exact) mass is 427 g/mol. The van der Waals surface area contributed by atoms with Crippen molar-refractivity contribution < 1.29 is 0 Å². The second-order valence-electron chi connectivity index (χ2n) is 5.12. The van der Waals surface area contributed by atoms with E-state index in [9.17, 15) is 0 Å². The van der Waals surface area contributed by atoms with E-state index in [0.717, 1.165) is 24.0 Å². The zero-order chi connectivity index (χ0) is 14.0. The van der Waals surface area contributed by atoms with Crippen LogP contribution in [0.3, 0.4) is 0 Å². The molecule has 1 saturated carbocycles. The average molecular weight is 428 g/mol. The molecule has 1 aliphatic rings. The van der Waals surface area contributed by atoms with E-state index >= 15 is 0 Å². The SMILES string of the molecule is CN=C(NC1CC1C)N(C)Cc1ccc(Cl)c(Cl)c1.I. The second kappa shape index (κ2) is 7.71. The lowest BCUT2D eigenvalue weighted by Crippen LogP contribution is -2.40. The summed E-state index contributed by atoms with van der Waals surface area (Å²) in [5, 5.41) is 4.63. The molecule has 0 saturated heterocycles. The van der Waals surface area contributed by atoms with Crippen molar-refractivity contribution in [2.45, 2.75) is 25.9 Å². The van der Waals surface area contributed by atoms with Crippen LogP contribution in [0.4, 0.5) is 0 Å². The predicted molar refractivity (Wildman–Crippen MR) is 97.4 cm³/mol. The van der Waals surface area contributed by atoms with E-state index in [0.29, 0.717) is 16.1 Å². The lowest BCUT2D eigenvalue weighted by atomic mass is 10.2. The normalized spacial score (nSPS) is 21.1. The number of guanidine groups is 1. The maximum absolute atomic E-state index is 6.03. The highest BCUT2D eigenvalue weighted by atomic mass is 127. The van der Waals surface area contributed by atoms with Gasteiger partial charge in [0.2, 0.25) is 0 Å². The molecular formula is C14H20Cl2IN3. The highest BCUT2D eigenvalue weighted by Gasteiger charge is 2.33. The third-order valence-corrected chi connectivity index (χ3v) is 4.14. The zero-order valence-electron chi connectivity index (χ0n) is 11.9.